The van der Waals surface area contributed by atoms with Crippen molar-refractivity contribution in [3.63, 3.8) is 0 Å². The Morgan fingerprint density at radius 3 is 2.63 bits per heavy atom. The quantitative estimate of drug-likeness (QED) is 0.880. The van der Waals surface area contributed by atoms with Crippen molar-refractivity contribution in [1.29, 1.82) is 0 Å². The van der Waals surface area contributed by atoms with Gasteiger partial charge in [0.2, 0.25) is 0 Å². The van der Waals surface area contributed by atoms with Crippen LogP contribution in [0.2, 0.25) is 0 Å². The molecule has 19 heavy (non-hydrogen) atoms. The summed E-state index contributed by atoms with van der Waals surface area (Å²) in [5, 5.41) is 3.61. The number of carbonyl (C=O) groups excluding carboxylic acids is 1. The molecule has 0 saturated carbocycles. The SMILES string of the molecule is Cc1cccc(C(=O)N(C)C2CC3CCC(C2)N3)n1. The maximum atomic E-state index is 12.5. The fourth-order valence-corrected chi connectivity index (χ4v) is 3.35. The summed E-state index contributed by atoms with van der Waals surface area (Å²) in [6, 6.07) is 7.18. The number of amides is 1. The van der Waals surface area contributed by atoms with Gasteiger partial charge in [0, 0.05) is 30.9 Å². The molecule has 4 nitrogen and oxygen atoms in total. The highest BCUT2D eigenvalue weighted by Crippen LogP contribution is 2.29. The van der Waals surface area contributed by atoms with Crippen LogP contribution in [-0.2, 0) is 0 Å². The second-order valence-corrected chi connectivity index (χ2v) is 5.84. The Morgan fingerprint density at radius 2 is 2.00 bits per heavy atom. The van der Waals surface area contributed by atoms with E-state index in [1.165, 1.54) is 12.8 Å². The molecular formula is C15H21N3O. The predicted molar refractivity (Wildman–Crippen MR) is 74.0 cm³/mol. The smallest absolute Gasteiger partial charge is 0.272 e. The van der Waals surface area contributed by atoms with Crippen LogP contribution in [0.15, 0.2) is 18.2 Å². The molecule has 2 saturated heterocycles. The average Bonchev–Trinajstić information content (AvgIpc) is 2.76. The zero-order valence-corrected chi connectivity index (χ0v) is 11.6. The van der Waals surface area contributed by atoms with Gasteiger partial charge in [-0.15, -0.1) is 0 Å². The maximum Gasteiger partial charge on any atom is 0.272 e. The van der Waals surface area contributed by atoms with E-state index in [9.17, 15) is 4.79 Å². The summed E-state index contributed by atoms with van der Waals surface area (Å²) >= 11 is 0. The molecule has 1 aromatic heterocycles. The van der Waals surface area contributed by atoms with Crippen LogP contribution in [0.1, 0.15) is 41.9 Å². The van der Waals surface area contributed by atoms with Gasteiger partial charge in [0.05, 0.1) is 0 Å². The number of pyridine rings is 1. The van der Waals surface area contributed by atoms with E-state index in [4.69, 9.17) is 0 Å². The van der Waals surface area contributed by atoms with Crippen molar-refractivity contribution in [2.75, 3.05) is 7.05 Å². The van der Waals surface area contributed by atoms with Crippen LogP contribution in [0, 0.1) is 6.92 Å². The largest absolute Gasteiger partial charge is 0.337 e. The maximum absolute atomic E-state index is 12.5. The Morgan fingerprint density at radius 1 is 1.32 bits per heavy atom. The van der Waals surface area contributed by atoms with Gasteiger partial charge in [-0.05, 0) is 44.7 Å². The first-order chi connectivity index (χ1) is 9.13. The van der Waals surface area contributed by atoms with E-state index >= 15 is 0 Å². The number of hydrogen-bond acceptors (Lipinski definition) is 3. The molecule has 2 fully saturated rings. The van der Waals surface area contributed by atoms with Gasteiger partial charge in [-0.25, -0.2) is 4.98 Å². The molecule has 1 N–H and O–H groups in total. The number of hydrogen-bond donors (Lipinski definition) is 1. The molecule has 2 atom stereocenters. The fourth-order valence-electron chi connectivity index (χ4n) is 3.35. The predicted octanol–water partition coefficient (Wildman–Crippen LogP) is 1.75. The number of aromatic nitrogens is 1. The molecule has 2 bridgehead atoms. The summed E-state index contributed by atoms with van der Waals surface area (Å²) in [6.45, 7) is 1.92. The number of nitrogens with zero attached hydrogens (tertiary/aromatic N) is 2. The first-order valence-electron chi connectivity index (χ1n) is 7.10. The Hall–Kier alpha value is -1.42. The molecule has 0 radical (unpaired) electrons. The third-order valence-corrected chi connectivity index (χ3v) is 4.42. The van der Waals surface area contributed by atoms with Crippen molar-refractivity contribution in [2.45, 2.75) is 50.7 Å². The van der Waals surface area contributed by atoms with E-state index in [1.807, 2.05) is 37.1 Å². The normalized spacial score (nSPS) is 29.3. The number of rotatable bonds is 2. The molecule has 4 heteroatoms. The molecule has 2 aliphatic heterocycles. The molecule has 3 rings (SSSR count). The number of nitrogens with one attached hydrogen (secondary N) is 1. The van der Waals surface area contributed by atoms with Gasteiger partial charge in [-0.1, -0.05) is 6.07 Å². The summed E-state index contributed by atoms with van der Waals surface area (Å²) in [4.78, 5) is 18.7. The van der Waals surface area contributed by atoms with Crippen LogP contribution in [0.5, 0.6) is 0 Å². The zero-order valence-electron chi connectivity index (χ0n) is 11.6. The summed E-state index contributed by atoms with van der Waals surface area (Å²) in [6.07, 6.45) is 4.66. The van der Waals surface area contributed by atoms with Crippen molar-refractivity contribution in [3.8, 4) is 0 Å². The molecule has 0 aliphatic carbocycles. The molecular weight excluding hydrogens is 238 g/mol. The molecule has 1 amide bonds. The Balaban J connectivity index is 1.73. The Bertz CT molecular complexity index is 476. The monoisotopic (exact) mass is 259 g/mol. The fraction of sp³-hybridized carbons (Fsp3) is 0.600. The number of aryl methyl sites for hydroxylation is 1. The van der Waals surface area contributed by atoms with Crippen LogP contribution >= 0.6 is 0 Å². The summed E-state index contributed by atoms with van der Waals surface area (Å²) < 4.78 is 0. The lowest BCUT2D eigenvalue weighted by atomic mass is 9.98. The van der Waals surface area contributed by atoms with E-state index in [1.54, 1.807) is 0 Å². The summed E-state index contributed by atoms with van der Waals surface area (Å²) in [5.74, 6) is 0.0509. The minimum atomic E-state index is 0.0509. The van der Waals surface area contributed by atoms with Crippen molar-refractivity contribution in [2.24, 2.45) is 0 Å². The highest BCUT2D eigenvalue weighted by atomic mass is 16.2. The number of carbonyl (C=O) groups is 1. The number of fused-ring (bicyclic) bond motifs is 2. The van der Waals surface area contributed by atoms with E-state index in [0.29, 0.717) is 23.8 Å². The van der Waals surface area contributed by atoms with Crippen molar-refractivity contribution < 1.29 is 4.79 Å². The first kappa shape index (κ1) is 12.6. The van der Waals surface area contributed by atoms with Crippen LogP contribution in [0.25, 0.3) is 0 Å². The molecule has 2 unspecified atom stereocenters. The van der Waals surface area contributed by atoms with Crippen LogP contribution < -0.4 is 5.32 Å². The third kappa shape index (κ3) is 2.50. The highest BCUT2D eigenvalue weighted by molar-refractivity contribution is 5.92. The lowest BCUT2D eigenvalue weighted by Gasteiger charge is -2.35. The standard InChI is InChI=1S/C15H21N3O/c1-10-4-3-5-14(16-10)15(19)18(2)13-8-11-6-7-12(9-13)17-11/h3-5,11-13,17H,6-9H2,1-2H3. The van der Waals surface area contributed by atoms with Gasteiger partial charge in [-0.2, -0.15) is 0 Å². The van der Waals surface area contributed by atoms with E-state index in [2.05, 4.69) is 10.3 Å². The second-order valence-electron chi connectivity index (χ2n) is 5.84. The minimum Gasteiger partial charge on any atom is -0.337 e. The average molecular weight is 259 g/mol. The van der Waals surface area contributed by atoms with E-state index in [0.717, 1.165) is 18.5 Å². The third-order valence-electron chi connectivity index (χ3n) is 4.42. The molecule has 102 valence electrons. The molecule has 3 heterocycles. The lowest BCUT2D eigenvalue weighted by Crippen LogP contribution is -2.48. The van der Waals surface area contributed by atoms with Gasteiger partial charge >= 0.3 is 0 Å². The van der Waals surface area contributed by atoms with Crippen LogP contribution in [0.4, 0.5) is 0 Å². The van der Waals surface area contributed by atoms with E-state index in [-0.39, 0.29) is 5.91 Å². The summed E-state index contributed by atoms with van der Waals surface area (Å²) in [5.41, 5.74) is 1.46. The Kier molecular flexibility index (Phi) is 3.27. The van der Waals surface area contributed by atoms with Gasteiger partial charge in [0.15, 0.2) is 0 Å². The van der Waals surface area contributed by atoms with Gasteiger partial charge < -0.3 is 10.2 Å². The Labute approximate surface area is 114 Å². The van der Waals surface area contributed by atoms with Crippen molar-refractivity contribution in [3.05, 3.63) is 29.6 Å². The summed E-state index contributed by atoms with van der Waals surface area (Å²) in [7, 11) is 1.92. The highest BCUT2D eigenvalue weighted by Gasteiger charge is 2.36. The van der Waals surface area contributed by atoms with Crippen molar-refractivity contribution in [1.82, 2.24) is 15.2 Å². The van der Waals surface area contributed by atoms with Gasteiger partial charge in [-0.3, -0.25) is 4.79 Å². The van der Waals surface area contributed by atoms with Crippen LogP contribution in [-0.4, -0.2) is 41.0 Å². The molecule has 0 spiro atoms. The molecule has 0 aromatic carbocycles. The van der Waals surface area contributed by atoms with Gasteiger partial charge in [0.25, 0.3) is 5.91 Å². The van der Waals surface area contributed by atoms with E-state index < -0.39 is 0 Å². The molecule has 2 aliphatic rings. The minimum absolute atomic E-state index is 0.0509. The van der Waals surface area contributed by atoms with Crippen LogP contribution in [0.3, 0.4) is 0 Å². The zero-order chi connectivity index (χ0) is 13.4. The molecule has 1 aromatic rings. The lowest BCUT2D eigenvalue weighted by molar-refractivity contribution is 0.0675. The van der Waals surface area contributed by atoms with Crippen molar-refractivity contribution >= 4 is 5.91 Å². The second kappa shape index (κ2) is 4.93. The number of piperidine rings is 1. The van der Waals surface area contributed by atoms with Gasteiger partial charge in [0.1, 0.15) is 5.69 Å². The topological polar surface area (TPSA) is 45.2 Å². The first-order valence-corrected chi connectivity index (χ1v) is 7.10.